The number of nitrogens with zero attached hydrogens (tertiary/aromatic N) is 2. The van der Waals surface area contributed by atoms with E-state index in [1.807, 2.05) is 45.2 Å². The molecular formula is C29H31Cl2F3N2O5. The van der Waals surface area contributed by atoms with Gasteiger partial charge in [0.1, 0.15) is 10.8 Å². The topological polar surface area (TPSA) is 88.8 Å². The number of hydrogen-bond acceptors (Lipinski definition) is 5. The highest BCUT2D eigenvalue weighted by atomic mass is 35.5. The molecule has 0 spiro atoms. The van der Waals surface area contributed by atoms with Crippen LogP contribution in [0, 0.1) is 0 Å². The normalized spacial score (nSPS) is 12.1. The highest BCUT2D eigenvalue weighted by Gasteiger charge is 2.25. The van der Waals surface area contributed by atoms with Crippen molar-refractivity contribution in [2.24, 2.45) is 0 Å². The van der Waals surface area contributed by atoms with Crippen LogP contribution in [0.3, 0.4) is 0 Å². The fraction of sp³-hybridized carbons (Fsp3) is 0.345. The van der Waals surface area contributed by atoms with Gasteiger partial charge in [-0.05, 0) is 64.1 Å². The molecule has 1 heterocycles. The number of hydrogen-bond donors (Lipinski definition) is 1. The van der Waals surface area contributed by atoms with E-state index in [1.165, 1.54) is 6.07 Å². The second-order valence-corrected chi connectivity index (χ2v) is 10.3. The summed E-state index contributed by atoms with van der Waals surface area (Å²) in [6.45, 7) is 6.84. The zero-order valence-electron chi connectivity index (χ0n) is 22.9. The van der Waals surface area contributed by atoms with Gasteiger partial charge in [0, 0.05) is 24.7 Å². The van der Waals surface area contributed by atoms with Crippen LogP contribution < -0.4 is 10.3 Å². The number of para-hydroxylation sites is 1. The average molecular weight is 615 g/mol. The van der Waals surface area contributed by atoms with Gasteiger partial charge in [-0.1, -0.05) is 53.5 Å². The predicted molar refractivity (Wildman–Crippen MR) is 152 cm³/mol. The first-order chi connectivity index (χ1) is 19.1. The summed E-state index contributed by atoms with van der Waals surface area (Å²) >= 11 is 12.8. The molecule has 3 aromatic rings. The number of alkyl halides is 3. The number of rotatable bonds is 10. The molecule has 222 valence electrons. The van der Waals surface area contributed by atoms with Crippen LogP contribution in [0.1, 0.15) is 54.0 Å². The number of ether oxygens (including phenoxy) is 1. The van der Waals surface area contributed by atoms with Gasteiger partial charge in [-0.2, -0.15) is 13.2 Å². The smallest absolute Gasteiger partial charge is 0.446 e. The van der Waals surface area contributed by atoms with Crippen molar-refractivity contribution in [3.8, 4) is 5.75 Å². The second-order valence-electron chi connectivity index (χ2n) is 9.45. The van der Waals surface area contributed by atoms with Gasteiger partial charge in [0.25, 0.3) is 5.56 Å². The van der Waals surface area contributed by atoms with Crippen molar-refractivity contribution >= 4 is 35.5 Å². The lowest BCUT2D eigenvalue weighted by atomic mass is 10.1. The van der Waals surface area contributed by atoms with Gasteiger partial charge in [0.05, 0.1) is 22.4 Å². The number of halogens is 5. The summed E-state index contributed by atoms with van der Waals surface area (Å²) in [5.41, 5.74) is 2.53. The average Bonchev–Trinajstić information content (AvgIpc) is 2.91. The van der Waals surface area contributed by atoms with Crippen molar-refractivity contribution in [1.29, 1.82) is 0 Å². The van der Waals surface area contributed by atoms with E-state index in [2.05, 4.69) is 11.8 Å². The fourth-order valence-electron chi connectivity index (χ4n) is 3.89. The Morgan fingerprint density at radius 2 is 1.66 bits per heavy atom. The summed E-state index contributed by atoms with van der Waals surface area (Å²) in [5, 5.41) is 9.58. The summed E-state index contributed by atoms with van der Waals surface area (Å²) in [6.07, 6.45) is -5.13. The first kappa shape index (κ1) is 33.9. The van der Waals surface area contributed by atoms with E-state index >= 15 is 0 Å². The Labute approximate surface area is 246 Å². The molecule has 12 heteroatoms. The number of aldehydes is 1. The van der Waals surface area contributed by atoms with Crippen LogP contribution in [0.4, 0.5) is 13.2 Å². The van der Waals surface area contributed by atoms with Crippen LogP contribution in [0.15, 0.2) is 59.4 Å². The molecule has 0 saturated heterocycles. The zero-order valence-corrected chi connectivity index (χ0v) is 24.4. The van der Waals surface area contributed by atoms with Gasteiger partial charge in [-0.15, -0.1) is 0 Å². The van der Waals surface area contributed by atoms with Crippen molar-refractivity contribution in [2.75, 3.05) is 7.05 Å². The highest BCUT2D eigenvalue weighted by molar-refractivity contribution is 6.34. The summed E-state index contributed by atoms with van der Waals surface area (Å²) < 4.78 is 38.9. The Hall–Kier alpha value is -3.34. The maximum atomic E-state index is 13.0. The lowest BCUT2D eigenvalue weighted by Gasteiger charge is -2.28. The van der Waals surface area contributed by atoms with Crippen LogP contribution in [0.5, 0.6) is 5.75 Å². The van der Waals surface area contributed by atoms with E-state index in [9.17, 15) is 22.8 Å². The molecule has 1 unspecified atom stereocenters. The molecular weight excluding hydrogens is 584 g/mol. The number of aromatic carboxylic acids is 1. The summed E-state index contributed by atoms with van der Waals surface area (Å²) in [5.74, 6) is -0.152. The molecule has 2 aromatic carbocycles. The van der Waals surface area contributed by atoms with Gasteiger partial charge in [-0.3, -0.25) is 14.5 Å². The zero-order chi connectivity index (χ0) is 30.9. The molecule has 0 fully saturated rings. The van der Waals surface area contributed by atoms with Gasteiger partial charge in [0.2, 0.25) is 6.29 Å². The Kier molecular flexibility index (Phi) is 12.4. The third-order valence-electron chi connectivity index (χ3n) is 6.06. The van der Waals surface area contributed by atoms with Gasteiger partial charge < -0.3 is 14.4 Å². The van der Waals surface area contributed by atoms with Crippen molar-refractivity contribution in [2.45, 2.75) is 58.6 Å². The predicted octanol–water partition coefficient (Wildman–Crippen LogP) is 6.82. The fourth-order valence-corrected chi connectivity index (χ4v) is 4.42. The number of pyridine rings is 1. The third kappa shape index (κ3) is 10.2. The minimum absolute atomic E-state index is 0.0104. The van der Waals surface area contributed by atoms with Crippen molar-refractivity contribution in [1.82, 2.24) is 9.47 Å². The van der Waals surface area contributed by atoms with Crippen LogP contribution >= 0.6 is 23.2 Å². The molecule has 0 amide bonds. The van der Waals surface area contributed by atoms with E-state index in [4.69, 9.17) is 37.8 Å². The monoisotopic (exact) mass is 614 g/mol. The molecule has 41 heavy (non-hydrogen) atoms. The van der Waals surface area contributed by atoms with Crippen LogP contribution in [-0.2, 0) is 24.3 Å². The molecule has 0 aliphatic carbocycles. The minimum Gasteiger partial charge on any atom is -0.491 e. The molecule has 7 nitrogen and oxygen atoms in total. The molecule has 1 atom stereocenters. The first-order valence-electron chi connectivity index (χ1n) is 12.5. The van der Waals surface area contributed by atoms with E-state index in [0.29, 0.717) is 30.2 Å². The van der Waals surface area contributed by atoms with E-state index < -0.39 is 18.4 Å². The lowest BCUT2D eigenvalue weighted by molar-refractivity contribution is -0.156. The molecule has 0 aliphatic rings. The van der Waals surface area contributed by atoms with Crippen LogP contribution in [0.2, 0.25) is 10.0 Å². The summed E-state index contributed by atoms with van der Waals surface area (Å²) in [4.78, 5) is 34.9. The van der Waals surface area contributed by atoms with Crippen LogP contribution in [0.25, 0.3) is 0 Å². The third-order valence-corrected chi connectivity index (χ3v) is 6.65. The van der Waals surface area contributed by atoms with Gasteiger partial charge in [-0.25, -0.2) is 4.79 Å². The second kappa shape index (κ2) is 15.0. The molecule has 1 N–H and O–H groups in total. The van der Waals surface area contributed by atoms with E-state index in [0.717, 1.165) is 16.9 Å². The molecule has 0 bridgehead atoms. The minimum atomic E-state index is -4.64. The first-order valence-corrected chi connectivity index (χ1v) is 13.3. The summed E-state index contributed by atoms with van der Waals surface area (Å²) in [6, 6.07) is 16.0. The number of carbonyl (C=O) groups is 2. The number of aryl methyl sites for hydroxylation is 1. The Morgan fingerprint density at radius 3 is 2.20 bits per heavy atom. The SMILES string of the molecule is CC(C)Oc1ccccc1C(C)N(C)Cc1c(Cl)cc(Cl)c(=O)n1CCc1ccc(C(=O)O)cc1.O=CC(F)(F)F. The van der Waals surface area contributed by atoms with Crippen molar-refractivity contribution < 1.29 is 32.6 Å². The van der Waals surface area contributed by atoms with Crippen molar-refractivity contribution in [3.63, 3.8) is 0 Å². The largest absolute Gasteiger partial charge is 0.491 e. The molecule has 0 saturated carbocycles. The molecule has 1 aromatic heterocycles. The highest BCUT2D eigenvalue weighted by Crippen LogP contribution is 2.31. The van der Waals surface area contributed by atoms with Gasteiger partial charge >= 0.3 is 12.1 Å². The Bertz CT molecular complexity index is 1390. The molecule has 0 radical (unpaired) electrons. The standard InChI is InChI=1S/C27H30Cl2N2O4.C2HF3O/c1-17(2)35-25-8-6-5-7-21(25)18(3)30(4)16-24-22(28)15-23(29)26(32)31(24)14-13-19-9-11-20(12-10-19)27(33)34;3-2(4,5)1-6/h5-12,15,17-18H,13-14,16H2,1-4H3,(H,33,34);1H. The Morgan fingerprint density at radius 1 is 1.07 bits per heavy atom. The maximum Gasteiger partial charge on any atom is 0.446 e. The van der Waals surface area contributed by atoms with Crippen molar-refractivity contribution in [3.05, 3.63) is 97.4 Å². The molecule has 0 aliphatic heterocycles. The van der Waals surface area contributed by atoms with Gasteiger partial charge in [0.15, 0.2) is 0 Å². The molecule has 3 rings (SSSR count). The lowest BCUT2D eigenvalue weighted by Crippen LogP contribution is -2.30. The number of carboxylic acid groups (broad SMARTS) is 1. The quantitative estimate of drug-likeness (QED) is 0.252. The summed E-state index contributed by atoms with van der Waals surface area (Å²) in [7, 11) is 1.97. The maximum absolute atomic E-state index is 13.0. The van der Waals surface area contributed by atoms with Crippen LogP contribution in [-0.4, -0.2) is 46.2 Å². The number of carboxylic acids is 1. The van der Waals surface area contributed by atoms with E-state index in [-0.39, 0.29) is 28.3 Å². The van der Waals surface area contributed by atoms with E-state index in [1.54, 1.807) is 28.8 Å². The number of carbonyl (C=O) groups excluding carboxylic acids is 1. The number of benzene rings is 2. The Balaban J connectivity index is 0.000000883. The number of aromatic nitrogens is 1.